The predicted molar refractivity (Wildman–Crippen MR) is 173 cm³/mol. The monoisotopic (exact) mass is 676 g/mol. The van der Waals surface area contributed by atoms with E-state index in [2.05, 4.69) is 10.3 Å². The molecule has 0 radical (unpaired) electrons. The fourth-order valence-corrected chi connectivity index (χ4v) is 7.91. The molecule has 1 saturated heterocycles. The maximum Gasteiger partial charge on any atom is 0.416 e. The van der Waals surface area contributed by atoms with Crippen LogP contribution in [0.4, 0.5) is 13.2 Å². The molecule has 0 saturated carbocycles. The molecule has 5 heterocycles. The second-order valence-electron chi connectivity index (χ2n) is 12.8. The third kappa shape index (κ3) is 8.35. The lowest BCUT2D eigenvalue weighted by atomic mass is 9.89. The van der Waals surface area contributed by atoms with Crippen LogP contribution in [0, 0.1) is 6.92 Å². The minimum atomic E-state index is -4.63. The molecule has 2 amide bonds. The lowest BCUT2D eigenvalue weighted by Gasteiger charge is -2.34. The number of sulfonamides is 1. The number of aliphatic imine (C=N–C) groups is 1. The molecule has 0 atom stereocenters. The summed E-state index contributed by atoms with van der Waals surface area (Å²) >= 11 is 0. The normalized spacial score (nSPS) is 25.0. The quantitative estimate of drug-likeness (QED) is 0.397. The van der Waals surface area contributed by atoms with Gasteiger partial charge in [-0.3, -0.25) is 14.6 Å². The summed E-state index contributed by atoms with van der Waals surface area (Å²) in [5.41, 5.74) is 0.188. The number of ether oxygens (including phenoxy) is 1. The zero-order valence-corrected chi connectivity index (χ0v) is 27.8. The molecule has 1 spiro atoms. The molecule has 7 bridgehead atoms. The van der Waals surface area contributed by atoms with Crippen molar-refractivity contribution in [2.75, 3.05) is 39.0 Å². The van der Waals surface area contributed by atoms with Gasteiger partial charge in [-0.15, -0.1) is 0 Å². The molecular weight excluding hydrogens is 633 g/mol. The Morgan fingerprint density at radius 1 is 0.894 bits per heavy atom. The average molecular weight is 677 g/mol. The lowest BCUT2D eigenvalue weighted by molar-refractivity contribution is -0.137. The van der Waals surface area contributed by atoms with Crippen molar-refractivity contribution >= 4 is 27.7 Å². The summed E-state index contributed by atoms with van der Waals surface area (Å²) < 4.78 is 75.2. The van der Waals surface area contributed by atoms with E-state index in [-0.39, 0.29) is 67.8 Å². The van der Waals surface area contributed by atoms with E-state index in [1.165, 1.54) is 10.4 Å². The van der Waals surface area contributed by atoms with E-state index in [1.54, 1.807) is 18.0 Å². The van der Waals surface area contributed by atoms with Gasteiger partial charge in [-0.2, -0.15) is 13.2 Å². The number of rotatable bonds is 0. The van der Waals surface area contributed by atoms with Crippen LogP contribution in [-0.4, -0.2) is 79.9 Å². The van der Waals surface area contributed by atoms with Gasteiger partial charge in [-0.1, -0.05) is 38.2 Å². The molecule has 2 aromatic rings. The number of amidine groups is 1. The van der Waals surface area contributed by atoms with Crippen LogP contribution in [0.1, 0.15) is 90.4 Å². The van der Waals surface area contributed by atoms with E-state index in [0.29, 0.717) is 18.5 Å². The van der Waals surface area contributed by atoms with Crippen LogP contribution < -0.4 is 10.1 Å². The molecule has 0 unspecified atom stereocenters. The highest BCUT2D eigenvalue weighted by Crippen LogP contribution is 2.36. The summed E-state index contributed by atoms with van der Waals surface area (Å²) in [5.74, 6) is -0.590. The van der Waals surface area contributed by atoms with Crippen LogP contribution >= 0.6 is 0 Å². The zero-order valence-electron chi connectivity index (χ0n) is 27.0. The fraction of sp³-hybridized carbons (Fsp3) is 0.559. The highest BCUT2D eigenvalue weighted by Gasteiger charge is 2.47. The summed E-state index contributed by atoms with van der Waals surface area (Å²) in [5, 5.41) is 2.66. The largest absolute Gasteiger partial charge is 0.494 e. The molecule has 5 aliphatic heterocycles. The molecule has 9 nitrogen and oxygen atoms in total. The van der Waals surface area contributed by atoms with Crippen molar-refractivity contribution in [1.29, 1.82) is 0 Å². The Labute approximate surface area is 274 Å². The van der Waals surface area contributed by atoms with Crippen LogP contribution in [0.15, 0.2) is 41.4 Å². The van der Waals surface area contributed by atoms with Gasteiger partial charge < -0.3 is 15.0 Å². The Morgan fingerprint density at radius 3 is 2.26 bits per heavy atom. The third-order valence-electron chi connectivity index (χ3n) is 9.40. The topological polar surface area (TPSA) is 108 Å². The van der Waals surface area contributed by atoms with Gasteiger partial charge in [-0.25, -0.2) is 12.7 Å². The van der Waals surface area contributed by atoms with Crippen molar-refractivity contribution in [2.45, 2.75) is 82.8 Å². The first-order chi connectivity index (χ1) is 22.3. The smallest absolute Gasteiger partial charge is 0.416 e. The Balaban J connectivity index is 1.36. The maximum absolute atomic E-state index is 13.8. The number of amides is 2. The highest BCUT2D eigenvalue weighted by molar-refractivity contribution is 7.89. The molecule has 0 aromatic heterocycles. The highest BCUT2D eigenvalue weighted by atomic mass is 32.2. The number of fused-ring (bicyclic) bond motifs is 2. The number of hydrogen-bond donors (Lipinski definition) is 1. The average Bonchev–Trinajstić information content (AvgIpc) is 3.34. The molecule has 7 rings (SSSR count). The minimum absolute atomic E-state index is 0.0269. The number of carbonyl (C=O) groups excluding carboxylic acids is 2. The van der Waals surface area contributed by atoms with Crippen molar-refractivity contribution < 1.29 is 35.9 Å². The van der Waals surface area contributed by atoms with Crippen molar-refractivity contribution in [1.82, 2.24) is 14.5 Å². The number of alkyl halides is 3. The van der Waals surface area contributed by atoms with E-state index in [1.807, 2.05) is 19.1 Å². The van der Waals surface area contributed by atoms with Crippen molar-refractivity contribution in [3.8, 4) is 5.75 Å². The number of benzene rings is 2. The second kappa shape index (κ2) is 14.3. The number of nitrogens with zero attached hydrogens (tertiary/aromatic N) is 3. The Hall–Kier alpha value is -3.45. The molecule has 0 aliphatic carbocycles. The van der Waals surface area contributed by atoms with Crippen molar-refractivity contribution in [2.24, 2.45) is 4.99 Å². The number of halogens is 3. The van der Waals surface area contributed by atoms with Gasteiger partial charge in [0.2, 0.25) is 10.0 Å². The molecular formula is C34H43F3N4O5S. The number of carbonyl (C=O) groups is 2. The Bertz CT molecular complexity index is 1620. The van der Waals surface area contributed by atoms with E-state index in [4.69, 9.17) is 4.74 Å². The van der Waals surface area contributed by atoms with Gasteiger partial charge in [0.15, 0.2) is 0 Å². The number of piperidine rings is 1. The first-order valence-electron chi connectivity index (χ1n) is 16.4. The Kier molecular flexibility index (Phi) is 10.6. The summed E-state index contributed by atoms with van der Waals surface area (Å²) in [6, 6.07) is 8.74. The summed E-state index contributed by atoms with van der Waals surface area (Å²) in [7, 11) is -1.89. The van der Waals surface area contributed by atoms with Crippen molar-refractivity contribution in [3.63, 3.8) is 0 Å². The van der Waals surface area contributed by atoms with Crippen LogP contribution in [0.2, 0.25) is 0 Å². The molecule has 2 aromatic carbocycles. The van der Waals surface area contributed by atoms with Gasteiger partial charge in [0.25, 0.3) is 11.8 Å². The van der Waals surface area contributed by atoms with Crippen LogP contribution in [-0.2, 0) is 27.4 Å². The van der Waals surface area contributed by atoms with Gasteiger partial charge in [-0.05, 0) is 80.5 Å². The molecule has 47 heavy (non-hydrogen) atoms. The number of nitrogens with one attached hydrogen (secondary N) is 1. The first kappa shape index (κ1) is 34.9. The van der Waals surface area contributed by atoms with Crippen LogP contribution in [0.25, 0.3) is 0 Å². The third-order valence-corrected chi connectivity index (χ3v) is 11.3. The summed E-state index contributed by atoms with van der Waals surface area (Å²) in [6.07, 6.45) is 2.26. The molecule has 256 valence electrons. The summed E-state index contributed by atoms with van der Waals surface area (Å²) in [6.45, 7) is 2.87. The number of aryl methyl sites for hydroxylation is 2. The van der Waals surface area contributed by atoms with Gasteiger partial charge >= 0.3 is 6.18 Å². The van der Waals surface area contributed by atoms with E-state index in [9.17, 15) is 31.2 Å². The van der Waals surface area contributed by atoms with Gasteiger partial charge in [0.1, 0.15) is 17.1 Å². The number of hydrogen-bond acceptors (Lipinski definition) is 6. The fourth-order valence-electron chi connectivity index (χ4n) is 6.43. The second-order valence-corrected chi connectivity index (χ2v) is 14.9. The lowest BCUT2D eigenvalue weighted by Crippen LogP contribution is -2.50. The Morgan fingerprint density at radius 2 is 1.57 bits per heavy atom. The summed E-state index contributed by atoms with van der Waals surface area (Å²) in [4.78, 5) is 32.5. The molecule has 1 N–H and O–H groups in total. The van der Waals surface area contributed by atoms with Gasteiger partial charge in [0.05, 0.1) is 17.9 Å². The zero-order chi connectivity index (χ0) is 33.8. The van der Waals surface area contributed by atoms with E-state index >= 15 is 0 Å². The predicted octanol–water partition coefficient (Wildman–Crippen LogP) is 5.49. The van der Waals surface area contributed by atoms with Gasteiger partial charge in [0, 0.05) is 37.8 Å². The molecule has 13 heteroatoms. The molecule has 5 aliphatic rings. The minimum Gasteiger partial charge on any atom is -0.494 e. The molecule has 1 fully saturated rings. The van der Waals surface area contributed by atoms with E-state index in [0.717, 1.165) is 61.8 Å². The standard InChI is InChI=1S/C34H43F3N4O5S/c1-24-20-26-11-10-25(24)12-19-47(44,45)41-16-13-33(14-17-41)32(43)38-30(39-33)27-21-28(34(35,36)37)23-29(22-27)46-18-9-7-5-3-4-6-8-15-40(2)31(26)42/h10-11,20-23H,3-9,12-19H2,1-2H3,(H,38,39,43). The van der Waals surface area contributed by atoms with Crippen LogP contribution in [0.3, 0.4) is 0 Å². The van der Waals surface area contributed by atoms with Crippen LogP contribution in [0.5, 0.6) is 5.75 Å². The first-order valence-corrected chi connectivity index (χ1v) is 18.0. The SMILES string of the molecule is Cc1cc2ccc1CCS(=O)(=O)N1CCC3(CC1)N=C(NC3=O)c1cc(cc(C(F)(F)F)c1)OCCCCCCCCCN(C)C2=O. The van der Waals surface area contributed by atoms with E-state index < -0.39 is 33.2 Å². The van der Waals surface area contributed by atoms with Crippen molar-refractivity contribution in [3.05, 3.63) is 64.2 Å². The maximum atomic E-state index is 13.8.